The Kier molecular flexibility index (Phi) is 2.78. The van der Waals surface area contributed by atoms with Crippen molar-refractivity contribution in [2.45, 2.75) is 6.54 Å². The van der Waals surface area contributed by atoms with Crippen LogP contribution in [-0.2, 0) is 6.54 Å². The number of aromatic nitrogens is 4. The van der Waals surface area contributed by atoms with Gasteiger partial charge in [-0.3, -0.25) is 0 Å². The van der Waals surface area contributed by atoms with Gasteiger partial charge in [-0.25, -0.2) is 9.97 Å². The van der Waals surface area contributed by atoms with E-state index in [0.29, 0.717) is 10.7 Å². The summed E-state index contributed by atoms with van der Waals surface area (Å²) < 4.78 is 3.16. The highest BCUT2D eigenvalue weighted by molar-refractivity contribution is 9.10. The molecule has 1 aromatic heterocycles. The van der Waals surface area contributed by atoms with Crippen molar-refractivity contribution in [2.75, 3.05) is 11.9 Å². The van der Waals surface area contributed by atoms with Crippen molar-refractivity contribution >= 4 is 38.2 Å². The van der Waals surface area contributed by atoms with Gasteiger partial charge in [0.1, 0.15) is 11.6 Å². The molecule has 0 radical (unpaired) electrons. The van der Waals surface area contributed by atoms with E-state index < -0.39 is 0 Å². The summed E-state index contributed by atoms with van der Waals surface area (Å²) in [5.74, 6) is 1.94. The molecule has 4 heterocycles. The molecular formula is C12H9BrN6S. The number of pyridine rings is 1. The molecule has 0 atom stereocenters. The van der Waals surface area contributed by atoms with Crippen LogP contribution in [-0.4, -0.2) is 26.1 Å². The zero-order chi connectivity index (χ0) is 13.5. The molecule has 0 saturated heterocycles. The molecule has 0 aromatic carbocycles. The highest BCUT2D eigenvalue weighted by Gasteiger charge is 2.19. The molecule has 6 nitrogen and oxygen atoms in total. The number of nitrogens with zero attached hydrogens (tertiary/aromatic N) is 5. The quantitative estimate of drug-likeness (QED) is 0.732. The number of anilines is 1. The van der Waals surface area contributed by atoms with Crippen molar-refractivity contribution in [3.8, 4) is 11.4 Å². The Morgan fingerprint density at radius 1 is 1.40 bits per heavy atom. The minimum Gasteiger partial charge on any atom is -0.369 e. The first-order valence-corrected chi connectivity index (χ1v) is 7.73. The summed E-state index contributed by atoms with van der Waals surface area (Å²) >= 11 is 5.03. The minimum atomic E-state index is 0.441. The molecule has 3 aliphatic rings. The zero-order valence-electron chi connectivity index (χ0n) is 10.2. The topological polar surface area (TPSA) is 68.0 Å². The second-order valence-corrected chi connectivity index (χ2v) is 6.02. The van der Waals surface area contributed by atoms with Gasteiger partial charge >= 0.3 is 0 Å². The van der Waals surface area contributed by atoms with Crippen molar-refractivity contribution < 1.29 is 0 Å². The molecule has 1 N–H and O–H groups in total. The van der Waals surface area contributed by atoms with E-state index in [4.69, 9.17) is 0 Å². The second-order valence-electron chi connectivity index (χ2n) is 4.29. The lowest BCUT2D eigenvalue weighted by Crippen LogP contribution is -2.17. The van der Waals surface area contributed by atoms with Crippen LogP contribution in [0, 0.1) is 0 Å². The fourth-order valence-electron chi connectivity index (χ4n) is 2.23. The first-order chi connectivity index (χ1) is 9.81. The summed E-state index contributed by atoms with van der Waals surface area (Å²) in [7, 11) is 0. The van der Waals surface area contributed by atoms with Gasteiger partial charge in [-0.05, 0) is 22.0 Å². The van der Waals surface area contributed by atoms with Crippen LogP contribution < -0.4 is 10.9 Å². The van der Waals surface area contributed by atoms with Gasteiger partial charge in [-0.2, -0.15) is 9.98 Å². The summed E-state index contributed by atoms with van der Waals surface area (Å²) in [6.45, 7) is 1.79. The molecule has 0 bridgehead atoms. The van der Waals surface area contributed by atoms with Gasteiger partial charge in [-0.15, -0.1) is 11.3 Å². The molecule has 0 saturated carbocycles. The fraction of sp³-hybridized carbons (Fsp3) is 0.167. The van der Waals surface area contributed by atoms with Gasteiger partial charge in [0, 0.05) is 36.4 Å². The lowest BCUT2D eigenvalue weighted by Gasteiger charge is -2.13. The van der Waals surface area contributed by atoms with E-state index in [1.165, 1.54) is 11.3 Å². The van der Waals surface area contributed by atoms with E-state index >= 15 is 0 Å². The highest BCUT2D eigenvalue weighted by atomic mass is 79.9. The van der Waals surface area contributed by atoms with Crippen LogP contribution in [0.5, 0.6) is 0 Å². The Hall–Kier alpha value is -1.80. The Morgan fingerprint density at radius 3 is 3.20 bits per heavy atom. The first kappa shape index (κ1) is 12.0. The third kappa shape index (κ3) is 1.92. The summed E-state index contributed by atoms with van der Waals surface area (Å²) in [6.07, 6.45) is 3.52. The predicted octanol–water partition coefficient (Wildman–Crippen LogP) is 2.26. The van der Waals surface area contributed by atoms with Crippen molar-refractivity contribution in [3.63, 3.8) is 0 Å². The highest BCUT2D eigenvalue weighted by Crippen LogP contribution is 2.33. The number of hydrogen-bond donors (Lipinski definition) is 1. The molecule has 0 amide bonds. The molecule has 3 aliphatic heterocycles. The maximum absolute atomic E-state index is 4.55. The molecule has 0 aliphatic carbocycles. The monoisotopic (exact) mass is 348 g/mol. The van der Waals surface area contributed by atoms with Crippen LogP contribution in [0.1, 0.15) is 0 Å². The number of halogens is 1. The molecule has 20 heavy (non-hydrogen) atoms. The van der Waals surface area contributed by atoms with Gasteiger partial charge in [-0.1, -0.05) is 0 Å². The summed E-state index contributed by atoms with van der Waals surface area (Å²) in [5.41, 5.74) is 1.43. The third-order valence-electron chi connectivity index (χ3n) is 3.06. The van der Waals surface area contributed by atoms with Crippen LogP contribution in [0.15, 0.2) is 33.3 Å². The second kappa shape index (κ2) is 4.64. The molecule has 0 fully saturated rings. The number of thiazole rings is 1. The Morgan fingerprint density at radius 2 is 2.35 bits per heavy atom. The van der Waals surface area contributed by atoms with E-state index in [2.05, 4.69) is 45.8 Å². The molecule has 8 heteroatoms. The van der Waals surface area contributed by atoms with E-state index in [1.807, 2.05) is 11.4 Å². The van der Waals surface area contributed by atoms with Crippen LogP contribution in [0.3, 0.4) is 0 Å². The van der Waals surface area contributed by atoms with Gasteiger partial charge in [0.2, 0.25) is 5.13 Å². The van der Waals surface area contributed by atoms with Crippen molar-refractivity contribution in [1.29, 1.82) is 0 Å². The summed E-state index contributed by atoms with van der Waals surface area (Å²) in [4.78, 5) is 17.3. The van der Waals surface area contributed by atoms with E-state index in [-0.39, 0.29) is 0 Å². The summed E-state index contributed by atoms with van der Waals surface area (Å²) in [5, 5.41) is 5.89. The van der Waals surface area contributed by atoms with Gasteiger partial charge in [0.05, 0.1) is 4.47 Å². The fourth-order valence-corrected chi connectivity index (χ4v) is 3.33. The number of hydrogen-bond acceptors (Lipinski definition) is 6. The number of fused-ring (bicyclic) bond motifs is 3. The molecular weight excluding hydrogens is 340 g/mol. The molecule has 0 unspecified atom stereocenters. The lowest BCUT2D eigenvalue weighted by atomic mass is 10.2. The van der Waals surface area contributed by atoms with Gasteiger partial charge in [0.25, 0.3) is 5.62 Å². The van der Waals surface area contributed by atoms with Gasteiger partial charge < -0.3 is 9.88 Å². The number of rotatable bonds is 1. The minimum absolute atomic E-state index is 0.441. The Labute approximate surface area is 126 Å². The number of nitrogens with one attached hydrogen (secondary N) is 1. The third-order valence-corrected chi connectivity index (χ3v) is 4.33. The van der Waals surface area contributed by atoms with Crippen molar-refractivity contribution in [1.82, 2.24) is 19.5 Å². The molecule has 0 spiro atoms. The maximum atomic E-state index is 4.55. The maximum Gasteiger partial charge on any atom is 0.254 e. The lowest BCUT2D eigenvalue weighted by molar-refractivity contribution is 0.778. The zero-order valence-corrected chi connectivity index (χ0v) is 12.6. The normalized spacial score (nSPS) is 14.6. The average molecular weight is 349 g/mol. The van der Waals surface area contributed by atoms with Gasteiger partial charge in [0.15, 0.2) is 0 Å². The SMILES string of the molecule is Brc1cc2cn/c(=N/c3nccs3)nc-2n2c1NCC2. The van der Waals surface area contributed by atoms with Crippen LogP contribution in [0.4, 0.5) is 10.9 Å². The van der Waals surface area contributed by atoms with Crippen molar-refractivity contribution in [3.05, 3.63) is 33.9 Å². The van der Waals surface area contributed by atoms with Crippen molar-refractivity contribution in [2.24, 2.45) is 4.99 Å². The Bertz CT molecular complexity index is 809. The predicted molar refractivity (Wildman–Crippen MR) is 80.2 cm³/mol. The van der Waals surface area contributed by atoms with E-state index in [9.17, 15) is 0 Å². The van der Waals surface area contributed by atoms with Crippen LogP contribution >= 0.6 is 27.3 Å². The van der Waals surface area contributed by atoms with E-state index in [1.54, 1.807) is 12.4 Å². The van der Waals surface area contributed by atoms with Crippen LogP contribution in [0.2, 0.25) is 0 Å². The first-order valence-electron chi connectivity index (χ1n) is 6.05. The average Bonchev–Trinajstić information content (AvgIpc) is 3.10. The molecule has 100 valence electrons. The van der Waals surface area contributed by atoms with E-state index in [0.717, 1.165) is 34.8 Å². The Balaban J connectivity index is 1.96. The smallest absolute Gasteiger partial charge is 0.254 e. The molecule has 4 rings (SSSR count). The molecule has 1 aromatic rings. The largest absolute Gasteiger partial charge is 0.369 e. The standard InChI is InChI=1S/C12H9BrN6S/c13-8-5-7-6-16-11(18-12-15-2-4-20-12)17-9(7)19-3-1-14-10(8)19/h2,4-6,14H,1,3H2/b18-11-. The summed E-state index contributed by atoms with van der Waals surface area (Å²) in [6, 6.07) is 2.02. The van der Waals surface area contributed by atoms with Crippen LogP contribution in [0.25, 0.3) is 11.4 Å².